The fourth-order valence-electron chi connectivity index (χ4n) is 2.12. The first kappa shape index (κ1) is 12.8. The molecule has 6 nitrogen and oxygen atoms in total. The number of carboxylic acid groups (broad SMARTS) is 1. The largest absolute Gasteiger partial charge is 0.480 e. The molecule has 2 fully saturated rings. The molecule has 0 spiro atoms. The molecule has 1 atom stereocenters. The van der Waals surface area contributed by atoms with Gasteiger partial charge in [-0.3, -0.25) is 9.69 Å². The van der Waals surface area contributed by atoms with Gasteiger partial charge in [0.15, 0.2) is 0 Å². The van der Waals surface area contributed by atoms with Crippen LogP contribution in [0.15, 0.2) is 0 Å². The Hall–Kier alpha value is -0.660. The maximum atomic E-state index is 12.2. The second kappa shape index (κ2) is 4.55. The van der Waals surface area contributed by atoms with E-state index in [1.54, 1.807) is 6.92 Å². The first-order chi connectivity index (χ1) is 7.91. The zero-order valence-electron chi connectivity index (χ0n) is 9.87. The van der Waals surface area contributed by atoms with E-state index in [1.807, 2.05) is 0 Å². The summed E-state index contributed by atoms with van der Waals surface area (Å²) in [6.45, 7) is 2.87. The van der Waals surface area contributed by atoms with E-state index in [-0.39, 0.29) is 6.54 Å². The Labute approximate surface area is 101 Å². The summed E-state index contributed by atoms with van der Waals surface area (Å²) in [6, 6.07) is 0. The Morgan fingerprint density at radius 2 is 2.00 bits per heavy atom. The predicted molar refractivity (Wildman–Crippen MR) is 61.9 cm³/mol. The van der Waals surface area contributed by atoms with Crippen LogP contribution >= 0.6 is 0 Å². The van der Waals surface area contributed by atoms with Crippen molar-refractivity contribution in [3.05, 3.63) is 0 Å². The highest BCUT2D eigenvalue weighted by atomic mass is 32.2. The third-order valence-corrected chi connectivity index (χ3v) is 5.65. The SMILES string of the molecule is C[C@H]1N(CC(=O)O)CCN(CC2CC2)S1(=O)=O. The van der Waals surface area contributed by atoms with E-state index in [1.165, 1.54) is 9.21 Å². The number of aliphatic carboxylic acids is 1. The molecule has 1 heterocycles. The molecule has 0 radical (unpaired) electrons. The minimum Gasteiger partial charge on any atom is -0.480 e. The van der Waals surface area contributed by atoms with Crippen molar-refractivity contribution in [2.24, 2.45) is 5.92 Å². The van der Waals surface area contributed by atoms with E-state index < -0.39 is 21.4 Å². The summed E-state index contributed by atoms with van der Waals surface area (Å²) in [5.41, 5.74) is 0. The van der Waals surface area contributed by atoms with Crippen LogP contribution in [0.4, 0.5) is 0 Å². The molecule has 2 aliphatic rings. The number of rotatable bonds is 4. The Bertz CT molecular complexity index is 405. The Morgan fingerprint density at radius 1 is 1.35 bits per heavy atom. The maximum Gasteiger partial charge on any atom is 0.317 e. The van der Waals surface area contributed by atoms with Gasteiger partial charge >= 0.3 is 5.97 Å². The lowest BCUT2D eigenvalue weighted by Gasteiger charge is -2.38. The van der Waals surface area contributed by atoms with Crippen molar-refractivity contribution in [2.45, 2.75) is 25.1 Å². The van der Waals surface area contributed by atoms with Crippen LogP contribution in [0.3, 0.4) is 0 Å². The van der Waals surface area contributed by atoms with Crippen LogP contribution in [0, 0.1) is 5.92 Å². The van der Waals surface area contributed by atoms with Gasteiger partial charge < -0.3 is 5.11 Å². The van der Waals surface area contributed by atoms with Crippen molar-refractivity contribution in [1.29, 1.82) is 0 Å². The standard InChI is InChI=1S/C10H18N2O4S/c1-8-11(7-10(13)14)4-5-12(17(8,15)16)6-9-2-3-9/h8-9H,2-7H2,1H3,(H,13,14)/t8-/m0/s1. The summed E-state index contributed by atoms with van der Waals surface area (Å²) < 4.78 is 25.8. The summed E-state index contributed by atoms with van der Waals surface area (Å²) in [4.78, 5) is 12.1. The van der Waals surface area contributed by atoms with E-state index in [0.29, 0.717) is 25.6 Å². The van der Waals surface area contributed by atoms with Crippen molar-refractivity contribution in [3.8, 4) is 0 Å². The number of hydrogen-bond acceptors (Lipinski definition) is 4. The lowest BCUT2D eigenvalue weighted by molar-refractivity contribution is -0.138. The molecule has 17 heavy (non-hydrogen) atoms. The van der Waals surface area contributed by atoms with Gasteiger partial charge in [0.05, 0.1) is 6.54 Å². The van der Waals surface area contributed by atoms with Gasteiger partial charge in [-0.05, 0) is 25.7 Å². The normalized spacial score (nSPS) is 30.3. The highest BCUT2D eigenvalue weighted by Crippen LogP contribution is 2.32. The summed E-state index contributed by atoms with van der Waals surface area (Å²) in [7, 11) is -3.36. The van der Waals surface area contributed by atoms with Gasteiger partial charge in [-0.25, -0.2) is 8.42 Å². The van der Waals surface area contributed by atoms with E-state index >= 15 is 0 Å². The van der Waals surface area contributed by atoms with Gasteiger partial charge in [0.25, 0.3) is 0 Å². The number of nitrogens with zero attached hydrogens (tertiary/aromatic N) is 2. The van der Waals surface area contributed by atoms with Crippen molar-refractivity contribution in [1.82, 2.24) is 9.21 Å². The highest BCUT2D eigenvalue weighted by molar-refractivity contribution is 7.89. The van der Waals surface area contributed by atoms with Gasteiger partial charge in [0.1, 0.15) is 5.37 Å². The molecule has 1 aliphatic heterocycles. The molecule has 0 aromatic rings. The highest BCUT2D eigenvalue weighted by Gasteiger charge is 2.40. The third kappa shape index (κ3) is 2.78. The first-order valence-corrected chi connectivity index (χ1v) is 7.36. The quantitative estimate of drug-likeness (QED) is 0.757. The van der Waals surface area contributed by atoms with Crippen LogP contribution < -0.4 is 0 Å². The summed E-state index contributed by atoms with van der Waals surface area (Å²) in [5, 5.41) is 7.99. The van der Waals surface area contributed by atoms with Gasteiger partial charge in [-0.1, -0.05) is 0 Å². The lowest BCUT2D eigenvalue weighted by atomic mass is 10.4. The maximum absolute atomic E-state index is 12.2. The second-order valence-electron chi connectivity index (χ2n) is 4.81. The molecular formula is C10H18N2O4S. The molecular weight excluding hydrogens is 244 g/mol. The predicted octanol–water partition coefficient (Wildman–Crippen LogP) is -0.226. The molecule has 0 aromatic heterocycles. The zero-order chi connectivity index (χ0) is 12.6. The molecule has 0 amide bonds. The molecule has 0 aromatic carbocycles. The number of carboxylic acids is 1. The molecule has 2 rings (SSSR count). The number of carbonyl (C=O) groups is 1. The third-order valence-electron chi connectivity index (χ3n) is 3.44. The molecule has 1 aliphatic carbocycles. The minimum atomic E-state index is -3.36. The molecule has 1 saturated carbocycles. The lowest BCUT2D eigenvalue weighted by Crippen LogP contribution is -2.56. The first-order valence-electron chi connectivity index (χ1n) is 5.86. The number of hydrogen-bond donors (Lipinski definition) is 1. The molecule has 1 N–H and O–H groups in total. The molecule has 0 bridgehead atoms. The summed E-state index contributed by atoms with van der Waals surface area (Å²) >= 11 is 0. The van der Waals surface area contributed by atoms with Gasteiger partial charge in [-0.15, -0.1) is 0 Å². The summed E-state index contributed by atoms with van der Waals surface area (Å²) in [5.74, 6) is -0.467. The van der Waals surface area contributed by atoms with Crippen molar-refractivity contribution >= 4 is 16.0 Å². The zero-order valence-corrected chi connectivity index (χ0v) is 10.7. The van der Waals surface area contributed by atoms with Crippen LogP contribution in [-0.4, -0.2) is 60.3 Å². The average Bonchev–Trinajstić information content (AvgIpc) is 3.02. The van der Waals surface area contributed by atoms with Crippen LogP contribution in [-0.2, 0) is 14.8 Å². The molecule has 98 valence electrons. The average molecular weight is 262 g/mol. The molecule has 1 saturated heterocycles. The van der Waals surface area contributed by atoms with Crippen LogP contribution in [0.1, 0.15) is 19.8 Å². The Morgan fingerprint density at radius 3 is 2.53 bits per heavy atom. The van der Waals surface area contributed by atoms with Crippen molar-refractivity contribution in [2.75, 3.05) is 26.2 Å². The van der Waals surface area contributed by atoms with Crippen LogP contribution in [0.2, 0.25) is 0 Å². The smallest absolute Gasteiger partial charge is 0.317 e. The van der Waals surface area contributed by atoms with Gasteiger partial charge in [0.2, 0.25) is 10.0 Å². The number of sulfonamides is 1. The fraction of sp³-hybridized carbons (Fsp3) is 0.900. The van der Waals surface area contributed by atoms with E-state index in [4.69, 9.17) is 5.11 Å². The van der Waals surface area contributed by atoms with Crippen LogP contribution in [0.5, 0.6) is 0 Å². The van der Waals surface area contributed by atoms with Crippen molar-refractivity contribution in [3.63, 3.8) is 0 Å². The summed E-state index contributed by atoms with van der Waals surface area (Å²) in [6.07, 6.45) is 2.22. The molecule has 7 heteroatoms. The van der Waals surface area contributed by atoms with Gasteiger partial charge in [0, 0.05) is 19.6 Å². The fourth-order valence-corrected chi connectivity index (χ4v) is 3.86. The monoisotopic (exact) mass is 262 g/mol. The van der Waals surface area contributed by atoms with E-state index in [2.05, 4.69) is 0 Å². The van der Waals surface area contributed by atoms with Gasteiger partial charge in [-0.2, -0.15) is 4.31 Å². The van der Waals surface area contributed by atoms with E-state index in [9.17, 15) is 13.2 Å². The molecule has 0 unspecified atom stereocenters. The van der Waals surface area contributed by atoms with E-state index in [0.717, 1.165) is 12.8 Å². The second-order valence-corrected chi connectivity index (χ2v) is 7.04. The van der Waals surface area contributed by atoms with Crippen LogP contribution in [0.25, 0.3) is 0 Å². The minimum absolute atomic E-state index is 0.211. The Balaban J connectivity index is 2.05. The Kier molecular flexibility index (Phi) is 3.42. The topological polar surface area (TPSA) is 77.9 Å². The van der Waals surface area contributed by atoms with Crippen molar-refractivity contribution < 1.29 is 18.3 Å².